The number of hydrogen-bond donors (Lipinski definition) is 1. The second-order valence-corrected chi connectivity index (χ2v) is 12.1. The van der Waals surface area contributed by atoms with E-state index in [1.807, 2.05) is 24.0 Å². The average Bonchev–Trinajstić information content (AvgIpc) is 3.04. The topological polar surface area (TPSA) is 70.9 Å². The molecule has 2 saturated heterocycles. The number of benzene rings is 3. The first-order chi connectivity index (χ1) is 21.7. The molecule has 1 atom stereocenters. The van der Waals surface area contributed by atoms with Crippen LogP contribution in [0.5, 0.6) is 11.5 Å². The molecule has 10 heteroatoms. The maximum atomic E-state index is 13.1. The first-order valence-electron chi connectivity index (χ1n) is 15.5. The zero-order valence-electron chi connectivity index (χ0n) is 25.2. The van der Waals surface area contributed by atoms with Crippen molar-refractivity contribution in [1.82, 2.24) is 10.2 Å². The minimum Gasteiger partial charge on any atom is -0.457 e. The van der Waals surface area contributed by atoms with Gasteiger partial charge in [-0.05, 0) is 98.7 Å². The van der Waals surface area contributed by atoms with Crippen LogP contribution in [-0.2, 0) is 10.9 Å². The number of carbonyl (C=O) groups excluding carboxylic acids is 2. The fraction of sp³-hybridized carbons (Fsp3) is 0.400. The number of rotatable bonds is 8. The van der Waals surface area contributed by atoms with E-state index in [1.54, 1.807) is 24.3 Å². The van der Waals surface area contributed by atoms with Gasteiger partial charge in [-0.1, -0.05) is 0 Å². The molecule has 7 nitrogen and oxygen atoms in total. The second-order valence-electron chi connectivity index (χ2n) is 12.1. The number of nitrogens with one attached hydrogen (secondary N) is 1. The predicted octanol–water partition coefficient (Wildman–Crippen LogP) is 6.59. The number of ether oxygens (including phenoxy) is 2. The van der Waals surface area contributed by atoms with Crippen LogP contribution >= 0.6 is 0 Å². The van der Waals surface area contributed by atoms with Gasteiger partial charge in [-0.25, -0.2) is 0 Å². The van der Waals surface area contributed by atoms with Gasteiger partial charge in [0.2, 0.25) is 5.69 Å². The molecule has 2 fully saturated rings. The first-order valence-corrected chi connectivity index (χ1v) is 15.5. The number of likely N-dealkylation sites (tertiary alicyclic amines) is 1. The van der Waals surface area contributed by atoms with Crippen molar-refractivity contribution in [2.24, 2.45) is 11.8 Å². The molecule has 3 aliphatic rings. The average molecular weight is 621 g/mol. The molecule has 0 saturated carbocycles. The maximum Gasteiger partial charge on any atom is 0.416 e. The Morgan fingerprint density at radius 2 is 1.64 bits per heavy atom. The van der Waals surface area contributed by atoms with Gasteiger partial charge in [-0.15, -0.1) is 0 Å². The lowest BCUT2D eigenvalue weighted by Crippen LogP contribution is -2.40. The summed E-state index contributed by atoms with van der Waals surface area (Å²) in [6.45, 7) is 6.36. The van der Waals surface area contributed by atoms with Gasteiger partial charge in [0.05, 0.1) is 12.2 Å². The van der Waals surface area contributed by atoms with E-state index in [0.717, 1.165) is 67.8 Å². The molecule has 0 spiro atoms. The van der Waals surface area contributed by atoms with E-state index >= 15 is 0 Å². The Morgan fingerprint density at radius 3 is 2.29 bits per heavy atom. The summed E-state index contributed by atoms with van der Waals surface area (Å²) in [6, 6.07) is 15.1. The van der Waals surface area contributed by atoms with Crippen molar-refractivity contribution >= 4 is 23.7 Å². The summed E-state index contributed by atoms with van der Waals surface area (Å²) in [5.41, 5.74) is 3.77. The number of carbonyl (C=O) groups is 2. The van der Waals surface area contributed by atoms with E-state index < -0.39 is 11.7 Å². The highest BCUT2D eigenvalue weighted by Gasteiger charge is 2.34. The summed E-state index contributed by atoms with van der Waals surface area (Å²) in [4.78, 5) is 27.9. The minimum atomic E-state index is -4.40. The molecule has 236 valence electrons. The molecule has 6 rings (SSSR count). The molecule has 0 aromatic heterocycles. The number of alkyl halides is 3. The summed E-state index contributed by atoms with van der Waals surface area (Å²) in [5.74, 6) is 1.46. The summed E-state index contributed by atoms with van der Waals surface area (Å²) < 4.78 is 51.8. The molecular formula is C35H37F3N3O4+. The second kappa shape index (κ2) is 13.0. The number of nitrogens with zero attached hydrogens (tertiary/aromatic N) is 2. The monoisotopic (exact) mass is 620 g/mol. The van der Waals surface area contributed by atoms with Gasteiger partial charge in [-0.3, -0.25) is 9.59 Å². The first kappa shape index (κ1) is 30.8. The molecule has 3 aromatic rings. The fourth-order valence-corrected chi connectivity index (χ4v) is 6.28. The smallest absolute Gasteiger partial charge is 0.416 e. The van der Waals surface area contributed by atoms with Crippen LogP contribution in [0, 0.1) is 18.8 Å². The fourth-order valence-electron chi connectivity index (χ4n) is 6.28. The van der Waals surface area contributed by atoms with Crippen LogP contribution in [0.3, 0.4) is 0 Å². The largest absolute Gasteiger partial charge is 0.457 e. The number of piperidine rings is 1. The summed E-state index contributed by atoms with van der Waals surface area (Å²) in [7, 11) is 0. The van der Waals surface area contributed by atoms with Crippen LogP contribution in [0.4, 0.5) is 18.9 Å². The van der Waals surface area contributed by atoms with Gasteiger partial charge in [0.15, 0.2) is 12.8 Å². The Labute approximate surface area is 260 Å². The highest BCUT2D eigenvalue weighted by Crippen LogP contribution is 2.33. The molecule has 1 N–H and O–H groups in total. The summed E-state index contributed by atoms with van der Waals surface area (Å²) >= 11 is 0. The molecule has 0 bridgehead atoms. The highest BCUT2D eigenvalue weighted by atomic mass is 19.4. The van der Waals surface area contributed by atoms with Gasteiger partial charge < -0.3 is 19.7 Å². The zero-order chi connectivity index (χ0) is 31.6. The molecule has 0 radical (unpaired) electrons. The van der Waals surface area contributed by atoms with Crippen LogP contribution in [0.15, 0.2) is 60.7 Å². The highest BCUT2D eigenvalue weighted by molar-refractivity contribution is 6.01. The standard InChI is InChI=1S/C35H36F3N3O4/c1-23-30(33(42)39-19-25-3-2-18-44-22-25)12-13-32-31(23)21-41(32)20-24-14-16-40(17-15-24)34(43)26-4-8-28(9-5-26)45-29-10-6-27(7-11-29)35(36,37)38/h4-13,21,24-25H,2-3,14-20,22H2,1H3/p+1/t25-/m0/s1. The van der Waals surface area contributed by atoms with Crippen LogP contribution in [-0.4, -0.2) is 66.9 Å². The molecule has 3 heterocycles. The molecule has 3 aromatic carbocycles. The number of halogens is 3. The molecule has 2 amide bonds. The van der Waals surface area contributed by atoms with E-state index in [9.17, 15) is 22.8 Å². The minimum absolute atomic E-state index is 0.0360. The van der Waals surface area contributed by atoms with Crippen LogP contribution < -0.4 is 10.1 Å². The van der Waals surface area contributed by atoms with Crippen molar-refractivity contribution in [2.75, 3.05) is 39.4 Å². The van der Waals surface area contributed by atoms with Gasteiger partial charge in [0.1, 0.15) is 17.1 Å². The lowest BCUT2D eigenvalue weighted by Gasteiger charge is -2.32. The summed E-state index contributed by atoms with van der Waals surface area (Å²) in [5, 5.41) is 3.08. The van der Waals surface area contributed by atoms with Gasteiger partial charge >= 0.3 is 6.18 Å². The number of amides is 2. The van der Waals surface area contributed by atoms with Crippen molar-refractivity contribution in [3.8, 4) is 11.5 Å². The normalized spacial score (nSPS) is 18.4. The lowest BCUT2D eigenvalue weighted by molar-refractivity contribution is -0.456. The Kier molecular flexibility index (Phi) is 8.94. The Morgan fingerprint density at radius 1 is 0.956 bits per heavy atom. The van der Waals surface area contributed by atoms with Crippen molar-refractivity contribution in [2.45, 2.75) is 38.8 Å². The van der Waals surface area contributed by atoms with Gasteiger partial charge in [0, 0.05) is 49.4 Å². The number of hydrogen-bond acceptors (Lipinski definition) is 4. The third kappa shape index (κ3) is 7.06. The van der Waals surface area contributed by atoms with Crippen molar-refractivity contribution in [3.05, 3.63) is 88.5 Å². The molecule has 0 aliphatic carbocycles. The quantitative estimate of drug-likeness (QED) is 0.289. The van der Waals surface area contributed by atoms with Crippen molar-refractivity contribution in [3.63, 3.8) is 0 Å². The zero-order valence-corrected chi connectivity index (χ0v) is 25.2. The third-order valence-corrected chi connectivity index (χ3v) is 9.01. The lowest BCUT2D eigenvalue weighted by atomic mass is 9.92. The van der Waals surface area contributed by atoms with Crippen LogP contribution in [0.1, 0.15) is 63.1 Å². The van der Waals surface area contributed by atoms with Crippen molar-refractivity contribution in [1.29, 1.82) is 0 Å². The van der Waals surface area contributed by atoms with Crippen molar-refractivity contribution < 1.29 is 36.8 Å². The predicted molar refractivity (Wildman–Crippen MR) is 164 cm³/mol. The van der Waals surface area contributed by atoms with E-state index in [0.29, 0.717) is 55.0 Å². The molecule has 3 aliphatic heterocycles. The Hall–Kier alpha value is -4.18. The SMILES string of the molecule is Cc1c(C(=O)NC[C@@H]2CCCOC2)ccc2c1C=[N+]2CC1CCN(C(=O)c2ccc(Oc3ccc(C(F)(F)F)cc3)cc2)CC1. The van der Waals surface area contributed by atoms with E-state index in [1.165, 1.54) is 12.1 Å². The van der Waals surface area contributed by atoms with E-state index in [-0.39, 0.29) is 17.6 Å². The molecule has 45 heavy (non-hydrogen) atoms. The number of fused-ring (bicyclic) bond motifs is 1. The van der Waals surface area contributed by atoms with E-state index in [4.69, 9.17) is 9.47 Å². The van der Waals surface area contributed by atoms with E-state index in [2.05, 4.69) is 16.1 Å². The van der Waals surface area contributed by atoms with Crippen LogP contribution in [0.2, 0.25) is 0 Å². The Bertz CT molecular complexity index is 1570. The maximum absolute atomic E-state index is 13.1. The molecule has 0 unspecified atom stereocenters. The Balaban J connectivity index is 0.971. The van der Waals surface area contributed by atoms with Gasteiger partial charge in [-0.2, -0.15) is 17.7 Å². The van der Waals surface area contributed by atoms with Crippen LogP contribution in [0.25, 0.3) is 0 Å². The van der Waals surface area contributed by atoms with Gasteiger partial charge in [0.25, 0.3) is 11.8 Å². The summed E-state index contributed by atoms with van der Waals surface area (Å²) in [6.07, 6.45) is 1.64. The third-order valence-electron chi connectivity index (χ3n) is 9.01. The molecular weight excluding hydrogens is 583 g/mol.